The van der Waals surface area contributed by atoms with Gasteiger partial charge in [-0.05, 0) is 13.0 Å². The predicted octanol–water partition coefficient (Wildman–Crippen LogP) is 1.87. The Balaban J connectivity index is 2.42. The smallest absolute Gasteiger partial charge is 0.292 e. The van der Waals surface area contributed by atoms with E-state index >= 15 is 0 Å². The van der Waals surface area contributed by atoms with Crippen LogP contribution in [0.3, 0.4) is 0 Å². The summed E-state index contributed by atoms with van der Waals surface area (Å²) in [4.78, 5) is 27.7. The number of nitro benzene ring substituents is 1. The third-order valence-electron chi connectivity index (χ3n) is 2.39. The number of nitrogens with one attached hydrogen (secondary N) is 2. The molecular formula is C11H9FN4O3. The van der Waals surface area contributed by atoms with Crippen LogP contribution in [0.2, 0.25) is 0 Å². The first-order chi connectivity index (χ1) is 8.97. The summed E-state index contributed by atoms with van der Waals surface area (Å²) >= 11 is 0. The van der Waals surface area contributed by atoms with Gasteiger partial charge in [-0.3, -0.25) is 19.9 Å². The highest BCUT2D eigenvalue weighted by Crippen LogP contribution is 2.26. The van der Waals surface area contributed by atoms with E-state index < -0.39 is 10.7 Å². The molecular weight excluding hydrogens is 255 g/mol. The number of aryl methyl sites for hydroxylation is 1. The highest BCUT2D eigenvalue weighted by atomic mass is 19.1. The van der Waals surface area contributed by atoms with Crippen molar-refractivity contribution in [1.29, 1.82) is 0 Å². The summed E-state index contributed by atoms with van der Waals surface area (Å²) in [5.74, 6) is -0.633. The molecule has 0 aliphatic heterocycles. The van der Waals surface area contributed by atoms with Gasteiger partial charge < -0.3 is 5.32 Å². The molecule has 1 aromatic heterocycles. The molecule has 0 saturated carbocycles. The Morgan fingerprint density at radius 2 is 2.21 bits per heavy atom. The number of anilines is 2. The van der Waals surface area contributed by atoms with E-state index in [2.05, 4.69) is 15.3 Å². The first-order valence-corrected chi connectivity index (χ1v) is 5.24. The van der Waals surface area contributed by atoms with E-state index in [4.69, 9.17) is 0 Å². The first-order valence-electron chi connectivity index (χ1n) is 5.24. The highest BCUT2D eigenvalue weighted by Gasteiger charge is 2.15. The maximum absolute atomic E-state index is 13.1. The molecule has 0 saturated heterocycles. The summed E-state index contributed by atoms with van der Waals surface area (Å²) in [6.45, 7) is 1.57. The van der Waals surface area contributed by atoms with Crippen LogP contribution in [-0.2, 0) is 0 Å². The van der Waals surface area contributed by atoms with E-state index in [1.165, 1.54) is 6.20 Å². The Morgan fingerprint density at radius 1 is 1.47 bits per heavy atom. The molecule has 2 N–H and O–H groups in total. The Kier molecular flexibility index (Phi) is 3.23. The van der Waals surface area contributed by atoms with Gasteiger partial charge in [0.05, 0.1) is 4.92 Å². The van der Waals surface area contributed by atoms with Crippen molar-refractivity contribution in [3.8, 4) is 0 Å². The van der Waals surface area contributed by atoms with E-state index in [1.807, 2.05) is 0 Å². The number of benzene rings is 1. The van der Waals surface area contributed by atoms with E-state index in [-0.39, 0.29) is 22.9 Å². The van der Waals surface area contributed by atoms with Crippen molar-refractivity contribution in [2.45, 2.75) is 6.92 Å². The number of halogens is 1. The van der Waals surface area contributed by atoms with Crippen molar-refractivity contribution in [3.05, 3.63) is 56.2 Å². The molecule has 7 nitrogen and oxygen atoms in total. The van der Waals surface area contributed by atoms with Crippen LogP contribution in [0.25, 0.3) is 0 Å². The summed E-state index contributed by atoms with van der Waals surface area (Å²) in [7, 11) is 0. The number of nitrogens with zero attached hydrogens (tertiary/aromatic N) is 2. The van der Waals surface area contributed by atoms with Crippen molar-refractivity contribution in [1.82, 2.24) is 9.97 Å². The molecule has 1 heterocycles. The van der Waals surface area contributed by atoms with Gasteiger partial charge in [0.25, 0.3) is 11.2 Å². The van der Waals surface area contributed by atoms with E-state index in [1.54, 1.807) is 6.92 Å². The number of hydrogen-bond acceptors (Lipinski definition) is 5. The summed E-state index contributed by atoms with van der Waals surface area (Å²) in [5, 5.41) is 13.3. The average molecular weight is 264 g/mol. The minimum Gasteiger partial charge on any atom is -0.320 e. The summed E-state index contributed by atoms with van der Waals surface area (Å²) in [6, 6.07) is 2.97. The molecule has 0 atom stereocenters. The zero-order valence-electron chi connectivity index (χ0n) is 9.81. The number of hydrogen-bond donors (Lipinski definition) is 2. The molecule has 2 rings (SSSR count). The molecule has 0 spiro atoms. The largest absolute Gasteiger partial charge is 0.320 e. The number of aromatic nitrogens is 2. The second-order valence-electron chi connectivity index (χ2n) is 3.79. The minimum absolute atomic E-state index is 0.00398. The molecule has 19 heavy (non-hydrogen) atoms. The van der Waals surface area contributed by atoms with Crippen molar-refractivity contribution >= 4 is 17.3 Å². The number of aromatic amines is 1. The fourth-order valence-corrected chi connectivity index (χ4v) is 1.42. The van der Waals surface area contributed by atoms with Gasteiger partial charge in [-0.15, -0.1) is 0 Å². The van der Waals surface area contributed by atoms with Crippen LogP contribution in [0.5, 0.6) is 0 Å². The quantitative estimate of drug-likeness (QED) is 0.651. The van der Waals surface area contributed by atoms with Gasteiger partial charge in [-0.1, -0.05) is 0 Å². The molecule has 98 valence electrons. The lowest BCUT2D eigenvalue weighted by molar-refractivity contribution is -0.384. The average Bonchev–Trinajstić information content (AvgIpc) is 2.33. The lowest BCUT2D eigenvalue weighted by Crippen LogP contribution is -2.13. The molecule has 2 aromatic rings. The van der Waals surface area contributed by atoms with Crippen LogP contribution >= 0.6 is 0 Å². The number of rotatable bonds is 3. The van der Waals surface area contributed by atoms with Gasteiger partial charge in [-0.25, -0.2) is 9.37 Å². The van der Waals surface area contributed by atoms with Crippen molar-refractivity contribution in [2.24, 2.45) is 0 Å². The third kappa shape index (κ3) is 2.73. The Labute approximate surface area is 106 Å². The van der Waals surface area contributed by atoms with Crippen molar-refractivity contribution < 1.29 is 9.31 Å². The van der Waals surface area contributed by atoms with Gasteiger partial charge in [-0.2, -0.15) is 0 Å². The summed E-state index contributed by atoms with van der Waals surface area (Å²) < 4.78 is 13.1. The fourth-order valence-electron chi connectivity index (χ4n) is 1.42. The van der Waals surface area contributed by atoms with Crippen molar-refractivity contribution in [3.63, 3.8) is 0 Å². The van der Waals surface area contributed by atoms with E-state index in [0.717, 1.165) is 18.2 Å². The van der Waals surface area contributed by atoms with Gasteiger partial charge in [0.1, 0.15) is 11.5 Å². The van der Waals surface area contributed by atoms with Crippen LogP contribution in [0.15, 0.2) is 29.2 Å². The molecule has 0 unspecified atom stereocenters. The normalized spacial score (nSPS) is 10.2. The van der Waals surface area contributed by atoms with Crippen LogP contribution in [0, 0.1) is 22.9 Å². The Bertz CT molecular complexity index is 699. The lowest BCUT2D eigenvalue weighted by atomic mass is 10.2. The highest BCUT2D eigenvalue weighted by molar-refractivity contribution is 5.66. The summed E-state index contributed by atoms with van der Waals surface area (Å²) in [5.41, 5.74) is -0.377. The Hall–Kier alpha value is -2.77. The third-order valence-corrected chi connectivity index (χ3v) is 2.39. The molecule has 8 heteroatoms. The van der Waals surface area contributed by atoms with E-state index in [0.29, 0.717) is 5.56 Å². The second kappa shape index (κ2) is 4.84. The van der Waals surface area contributed by atoms with Gasteiger partial charge in [0, 0.05) is 23.9 Å². The number of H-pyrrole nitrogens is 1. The molecule has 0 aliphatic rings. The molecule has 0 bridgehead atoms. The predicted molar refractivity (Wildman–Crippen MR) is 65.9 cm³/mol. The Morgan fingerprint density at radius 3 is 2.84 bits per heavy atom. The SMILES string of the molecule is Cc1cnc(Nc2cc(F)ccc2[N+](=O)[O-])[nH]c1=O. The van der Waals surface area contributed by atoms with Gasteiger partial charge in [0.2, 0.25) is 5.95 Å². The zero-order chi connectivity index (χ0) is 14.0. The maximum atomic E-state index is 13.1. The lowest BCUT2D eigenvalue weighted by Gasteiger charge is -2.06. The molecule has 0 aliphatic carbocycles. The molecule has 0 radical (unpaired) electrons. The summed E-state index contributed by atoms with van der Waals surface area (Å²) in [6.07, 6.45) is 1.31. The van der Waals surface area contributed by atoms with Crippen LogP contribution < -0.4 is 10.9 Å². The molecule has 0 amide bonds. The van der Waals surface area contributed by atoms with Crippen LogP contribution in [0.1, 0.15) is 5.56 Å². The van der Waals surface area contributed by atoms with Crippen LogP contribution in [0.4, 0.5) is 21.7 Å². The minimum atomic E-state index is -0.659. The second-order valence-corrected chi connectivity index (χ2v) is 3.79. The van der Waals surface area contributed by atoms with Gasteiger partial charge in [0.15, 0.2) is 0 Å². The molecule has 1 aromatic carbocycles. The van der Waals surface area contributed by atoms with Crippen LogP contribution in [-0.4, -0.2) is 14.9 Å². The first kappa shape index (κ1) is 12.7. The standard InChI is InChI=1S/C11H9FN4O3/c1-6-5-13-11(15-10(6)17)14-8-4-7(12)2-3-9(8)16(18)19/h2-5H,1H3,(H2,13,14,15,17). The zero-order valence-corrected chi connectivity index (χ0v) is 9.81. The molecule has 0 fully saturated rings. The number of nitro groups is 1. The monoisotopic (exact) mass is 264 g/mol. The fraction of sp³-hybridized carbons (Fsp3) is 0.0909. The van der Waals surface area contributed by atoms with Crippen molar-refractivity contribution in [2.75, 3.05) is 5.32 Å². The maximum Gasteiger partial charge on any atom is 0.292 e. The van der Waals surface area contributed by atoms with E-state index in [9.17, 15) is 19.3 Å². The van der Waals surface area contributed by atoms with Gasteiger partial charge >= 0.3 is 0 Å². The topological polar surface area (TPSA) is 101 Å².